The lowest BCUT2D eigenvalue weighted by atomic mass is 9.88. The average Bonchev–Trinajstić information content (AvgIpc) is 3.47. The van der Waals surface area contributed by atoms with Crippen LogP contribution in [-0.4, -0.2) is 54.7 Å². The number of esters is 1. The summed E-state index contributed by atoms with van der Waals surface area (Å²) in [5.74, 6) is 1.12. The third-order valence-corrected chi connectivity index (χ3v) is 7.06. The molecule has 6 nitrogen and oxygen atoms in total. The number of nitrogens with zero attached hydrogens (tertiary/aromatic N) is 1. The molecular weight excluding hydrogens is 414 g/mol. The van der Waals surface area contributed by atoms with Gasteiger partial charge in [0, 0.05) is 40.3 Å². The van der Waals surface area contributed by atoms with Crippen LogP contribution in [0.3, 0.4) is 0 Å². The Hall–Kier alpha value is -3.25. The van der Waals surface area contributed by atoms with E-state index in [1.165, 1.54) is 23.6 Å². The maximum absolute atomic E-state index is 11.9. The standard InChI is InChI=1S/C27H31N3O3/c1-32-21-6-7-22-20(16-28-26(22)15-21)4-3-11-30-12-9-18(10-13-30)24-17-29-25-8-5-19(14-23(24)25)27(31)33-2/h5-8,14-18,28-29H,3-4,9-13H2,1-2H3. The second-order valence-corrected chi connectivity index (χ2v) is 8.94. The lowest BCUT2D eigenvalue weighted by Gasteiger charge is -2.32. The van der Waals surface area contributed by atoms with Crippen LogP contribution >= 0.6 is 0 Å². The fraction of sp³-hybridized carbons (Fsp3) is 0.370. The minimum atomic E-state index is -0.284. The summed E-state index contributed by atoms with van der Waals surface area (Å²) in [7, 11) is 3.13. The molecule has 0 spiro atoms. The average molecular weight is 446 g/mol. The number of hydrogen-bond donors (Lipinski definition) is 2. The van der Waals surface area contributed by atoms with Crippen LogP contribution in [-0.2, 0) is 11.2 Å². The van der Waals surface area contributed by atoms with Crippen molar-refractivity contribution in [1.82, 2.24) is 14.9 Å². The highest BCUT2D eigenvalue weighted by Crippen LogP contribution is 2.34. The van der Waals surface area contributed by atoms with E-state index in [1.54, 1.807) is 7.11 Å². The van der Waals surface area contributed by atoms with Crippen LogP contribution in [0.1, 0.15) is 46.7 Å². The fourth-order valence-electron chi connectivity index (χ4n) is 5.18. The monoisotopic (exact) mass is 445 g/mol. The Morgan fingerprint density at radius 2 is 1.82 bits per heavy atom. The van der Waals surface area contributed by atoms with E-state index in [-0.39, 0.29) is 5.97 Å². The molecular formula is C27H31N3O3. The summed E-state index contributed by atoms with van der Waals surface area (Å²) in [5.41, 5.74) is 5.53. The van der Waals surface area contributed by atoms with Crippen molar-refractivity contribution in [1.29, 1.82) is 0 Å². The molecule has 0 bridgehead atoms. The quantitative estimate of drug-likeness (QED) is 0.381. The zero-order chi connectivity index (χ0) is 22.8. The Morgan fingerprint density at radius 3 is 2.61 bits per heavy atom. The van der Waals surface area contributed by atoms with E-state index in [9.17, 15) is 4.79 Å². The first-order valence-electron chi connectivity index (χ1n) is 11.7. The first-order valence-corrected chi connectivity index (χ1v) is 11.7. The highest BCUT2D eigenvalue weighted by molar-refractivity contribution is 5.95. The van der Waals surface area contributed by atoms with Gasteiger partial charge in [-0.15, -0.1) is 0 Å². The van der Waals surface area contributed by atoms with Gasteiger partial charge in [-0.25, -0.2) is 4.79 Å². The van der Waals surface area contributed by atoms with Crippen molar-refractivity contribution < 1.29 is 14.3 Å². The molecule has 1 aliphatic heterocycles. The molecule has 6 heteroatoms. The number of nitrogens with one attached hydrogen (secondary N) is 2. The molecule has 0 aliphatic carbocycles. The Kier molecular flexibility index (Phi) is 6.09. The summed E-state index contributed by atoms with van der Waals surface area (Å²) < 4.78 is 10.2. The van der Waals surface area contributed by atoms with Gasteiger partial charge in [0.2, 0.25) is 0 Å². The molecule has 2 aromatic carbocycles. The smallest absolute Gasteiger partial charge is 0.337 e. The second-order valence-electron chi connectivity index (χ2n) is 8.94. The summed E-state index contributed by atoms with van der Waals surface area (Å²) in [6, 6.07) is 12.0. The molecule has 3 heterocycles. The number of carbonyl (C=O) groups excluding carboxylic acids is 1. The van der Waals surface area contributed by atoms with Crippen molar-refractivity contribution in [2.45, 2.75) is 31.6 Å². The normalized spacial score (nSPS) is 15.3. The van der Waals surface area contributed by atoms with E-state index in [1.807, 2.05) is 24.3 Å². The number of likely N-dealkylation sites (tertiary alicyclic amines) is 1. The van der Waals surface area contributed by atoms with E-state index in [0.717, 1.165) is 67.5 Å². The van der Waals surface area contributed by atoms with Crippen LogP contribution in [0.5, 0.6) is 5.75 Å². The molecule has 0 saturated carbocycles. The molecule has 1 aliphatic rings. The number of aromatic nitrogens is 2. The Morgan fingerprint density at radius 1 is 1.00 bits per heavy atom. The number of ether oxygens (including phenoxy) is 2. The molecule has 0 radical (unpaired) electrons. The van der Waals surface area contributed by atoms with Crippen LogP contribution in [0, 0.1) is 0 Å². The molecule has 2 N–H and O–H groups in total. The van der Waals surface area contributed by atoms with Gasteiger partial charge in [0.25, 0.3) is 0 Å². The molecule has 0 amide bonds. The van der Waals surface area contributed by atoms with Gasteiger partial charge < -0.3 is 24.3 Å². The zero-order valence-electron chi connectivity index (χ0n) is 19.3. The lowest BCUT2D eigenvalue weighted by molar-refractivity contribution is 0.0601. The van der Waals surface area contributed by atoms with Crippen molar-refractivity contribution in [3.05, 3.63) is 65.5 Å². The molecule has 1 saturated heterocycles. The van der Waals surface area contributed by atoms with Gasteiger partial charge in [-0.05, 0) is 92.7 Å². The number of aromatic amines is 2. The molecule has 0 atom stereocenters. The number of aryl methyl sites for hydroxylation is 1. The third kappa shape index (κ3) is 4.35. The fourth-order valence-corrected chi connectivity index (χ4v) is 5.18. The van der Waals surface area contributed by atoms with Gasteiger partial charge in [0.1, 0.15) is 5.75 Å². The van der Waals surface area contributed by atoms with E-state index >= 15 is 0 Å². The number of benzene rings is 2. The summed E-state index contributed by atoms with van der Waals surface area (Å²) in [6.07, 6.45) is 8.77. The molecule has 0 unspecified atom stereocenters. The topological polar surface area (TPSA) is 70.4 Å². The molecule has 172 valence electrons. The van der Waals surface area contributed by atoms with Gasteiger partial charge in [0.15, 0.2) is 0 Å². The van der Waals surface area contributed by atoms with E-state index < -0.39 is 0 Å². The van der Waals surface area contributed by atoms with E-state index in [2.05, 4.69) is 39.4 Å². The second kappa shape index (κ2) is 9.32. The summed E-state index contributed by atoms with van der Waals surface area (Å²) in [4.78, 5) is 21.3. The Bertz CT molecular complexity index is 1260. The zero-order valence-corrected chi connectivity index (χ0v) is 19.3. The SMILES string of the molecule is COC(=O)c1ccc2[nH]cc(C3CCN(CCCc4c[nH]c5cc(OC)ccc45)CC3)c2c1. The number of carbonyl (C=O) groups is 1. The van der Waals surface area contributed by atoms with Gasteiger partial charge in [-0.2, -0.15) is 0 Å². The Balaban J connectivity index is 1.17. The van der Waals surface area contributed by atoms with Gasteiger partial charge >= 0.3 is 5.97 Å². The predicted molar refractivity (Wildman–Crippen MR) is 131 cm³/mol. The van der Waals surface area contributed by atoms with Crippen LogP contribution in [0.4, 0.5) is 0 Å². The number of piperidine rings is 1. The Labute approximate surface area is 193 Å². The van der Waals surface area contributed by atoms with E-state index in [0.29, 0.717) is 11.5 Å². The van der Waals surface area contributed by atoms with Crippen molar-refractivity contribution in [2.75, 3.05) is 33.9 Å². The first kappa shape index (κ1) is 21.6. The number of methoxy groups -OCH3 is 2. The minimum Gasteiger partial charge on any atom is -0.497 e. The molecule has 1 fully saturated rings. The maximum Gasteiger partial charge on any atom is 0.337 e. The van der Waals surface area contributed by atoms with Gasteiger partial charge in [-0.3, -0.25) is 0 Å². The number of fused-ring (bicyclic) bond motifs is 2. The molecule has 5 rings (SSSR count). The van der Waals surface area contributed by atoms with Crippen LogP contribution in [0.15, 0.2) is 48.8 Å². The van der Waals surface area contributed by atoms with Gasteiger partial charge in [-0.1, -0.05) is 0 Å². The third-order valence-electron chi connectivity index (χ3n) is 7.06. The summed E-state index contributed by atoms with van der Waals surface area (Å²) in [5, 5.41) is 2.44. The first-order chi connectivity index (χ1) is 16.2. The van der Waals surface area contributed by atoms with Gasteiger partial charge in [0.05, 0.1) is 19.8 Å². The van der Waals surface area contributed by atoms with Crippen molar-refractivity contribution in [3.63, 3.8) is 0 Å². The number of hydrogen-bond acceptors (Lipinski definition) is 4. The van der Waals surface area contributed by atoms with Crippen LogP contribution < -0.4 is 4.74 Å². The van der Waals surface area contributed by atoms with Crippen molar-refractivity contribution in [2.24, 2.45) is 0 Å². The molecule has 4 aromatic rings. The molecule has 33 heavy (non-hydrogen) atoms. The van der Waals surface area contributed by atoms with E-state index in [4.69, 9.17) is 9.47 Å². The van der Waals surface area contributed by atoms with Crippen LogP contribution in [0.2, 0.25) is 0 Å². The summed E-state index contributed by atoms with van der Waals surface area (Å²) in [6.45, 7) is 3.34. The number of H-pyrrole nitrogens is 2. The van der Waals surface area contributed by atoms with Crippen LogP contribution in [0.25, 0.3) is 21.8 Å². The summed E-state index contributed by atoms with van der Waals surface area (Å²) >= 11 is 0. The highest BCUT2D eigenvalue weighted by Gasteiger charge is 2.23. The molecule has 2 aromatic heterocycles. The highest BCUT2D eigenvalue weighted by atomic mass is 16.5. The lowest BCUT2D eigenvalue weighted by Crippen LogP contribution is -2.33. The largest absolute Gasteiger partial charge is 0.497 e. The van der Waals surface area contributed by atoms with Crippen molar-refractivity contribution >= 4 is 27.8 Å². The predicted octanol–water partition coefficient (Wildman–Crippen LogP) is 5.26. The van der Waals surface area contributed by atoms with Crippen molar-refractivity contribution in [3.8, 4) is 5.75 Å². The maximum atomic E-state index is 11.9. The minimum absolute atomic E-state index is 0.284. The number of rotatable bonds is 7.